The molecule has 2 nitrogen and oxygen atoms in total. The molecule has 0 radical (unpaired) electrons. The van der Waals surface area contributed by atoms with Gasteiger partial charge in [-0.05, 0) is 26.0 Å². The van der Waals surface area contributed by atoms with Crippen molar-refractivity contribution in [1.82, 2.24) is 10.2 Å². The van der Waals surface area contributed by atoms with E-state index in [-0.39, 0.29) is 20.7 Å². The topological polar surface area (TPSA) is 28.7 Å². The fraction of sp³-hybridized carbons (Fsp3) is 0. The zero-order valence-electron chi connectivity index (χ0n) is 4.94. The number of hydrogen-bond acceptors (Lipinski definition) is 1. The molecule has 0 spiro atoms. The van der Waals surface area contributed by atoms with Gasteiger partial charge in [0.2, 0.25) is 0 Å². The third-order valence-corrected chi connectivity index (χ3v) is 4.46. The van der Waals surface area contributed by atoms with Crippen molar-refractivity contribution in [2.24, 2.45) is 0 Å². The quantitative estimate of drug-likeness (QED) is 0.732. The molecule has 1 aliphatic rings. The van der Waals surface area contributed by atoms with Gasteiger partial charge in [-0.1, -0.05) is 20.7 Å². The van der Waals surface area contributed by atoms with Gasteiger partial charge >= 0.3 is 0 Å². The first-order valence-electron chi connectivity index (χ1n) is 2.73. The molecule has 1 aromatic heterocycles. The molecule has 0 saturated heterocycles. The molecule has 0 unspecified atom stereocenters. The van der Waals surface area contributed by atoms with Gasteiger partial charge in [-0.15, -0.1) is 0 Å². The molecule has 10 heavy (non-hydrogen) atoms. The van der Waals surface area contributed by atoms with Crippen LogP contribution >= 0.6 is 36.7 Å². The zero-order chi connectivity index (χ0) is 6.97. The Morgan fingerprint density at radius 3 is 3.40 bits per heavy atom. The van der Waals surface area contributed by atoms with Gasteiger partial charge in [-0.2, -0.15) is 5.10 Å². The number of hydrogen-bond donors (Lipinski definition) is 1. The van der Waals surface area contributed by atoms with Crippen LogP contribution in [0.5, 0.6) is 0 Å². The molecule has 1 aliphatic heterocycles. The molecule has 0 aliphatic carbocycles. The number of nitrogens with one attached hydrogen (secondary N) is 1. The fourth-order valence-corrected chi connectivity index (χ4v) is 3.21. The monoisotopic (exact) mass is 310 g/mol. The molecule has 0 bridgehead atoms. The molecule has 0 saturated carbocycles. The molecule has 0 amide bonds. The lowest BCUT2D eigenvalue weighted by molar-refractivity contribution is 1.08. The minimum Gasteiger partial charge on any atom is -0.277 e. The van der Waals surface area contributed by atoms with E-state index in [9.17, 15) is 0 Å². The van der Waals surface area contributed by atoms with Crippen molar-refractivity contribution in [3.8, 4) is 0 Å². The van der Waals surface area contributed by atoms with Gasteiger partial charge in [-0.25, -0.2) is 0 Å². The van der Waals surface area contributed by atoms with E-state index in [0.29, 0.717) is 0 Å². The van der Waals surface area contributed by atoms with Gasteiger partial charge in [0.15, 0.2) is 0 Å². The minimum atomic E-state index is 0.0706. The number of fused-ring (bicyclic) bond motifs is 1. The van der Waals surface area contributed by atoms with E-state index in [1.807, 2.05) is 6.20 Å². The predicted molar refractivity (Wildman–Crippen MR) is 54.7 cm³/mol. The van der Waals surface area contributed by atoms with Crippen LogP contribution in [0.15, 0.2) is 8.69 Å². The summed E-state index contributed by atoms with van der Waals surface area (Å²) >= 11 is 3.55. The molecule has 0 fully saturated rings. The highest BCUT2D eigenvalue weighted by Gasteiger charge is 2.03. The van der Waals surface area contributed by atoms with E-state index in [0.717, 1.165) is 0 Å². The van der Waals surface area contributed by atoms with Crippen LogP contribution in [0.3, 0.4) is 0 Å². The van der Waals surface area contributed by atoms with Crippen molar-refractivity contribution in [2.75, 3.05) is 0 Å². The number of halogens is 2. The highest BCUT2D eigenvalue weighted by atomic mass is 127. The first kappa shape index (κ1) is 6.72. The van der Waals surface area contributed by atoms with Gasteiger partial charge in [-0.3, -0.25) is 5.10 Å². The maximum Gasteiger partial charge on any atom is 0.0707 e. The van der Waals surface area contributed by atoms with Gasteiger partial charge < -0.3 is 0 Å². The van der Waals surface area contributed by atoms with Crippen LogP contribution in [0, 0.1) is 0 Å². The Kier molecular flexibility index (Phi) is 1.73. The highest BCUT2D eigenvalue weighted by molar-refractivity contribution is 14.2. The number of H-pyrrole nitrogens is 1. The Bertz CT molecular complexity index is 313. The van der Waals surface area contributed by atoms with Gasteiger partial charge in [0.1, 0.15) is 0 Å². The third kappa shape index (κ3) is 1.10. The summed E-state index contributed by atoms with van der Waals surface area (Å²) in [5.41, 5.74) is 2.37. The molecular weight excluding hydrogens is 307 g/mol. The van der Waals surface area contributed by atoms with Crippen LogP contribution in [0.1, 0.15) is 11.3 Å². The first-order chi connectivity index (χ1) is 4.86. The molecule has 4 heteroatoms. The lowest BCUT2D eigenvalue weighted by Crippen LogP contribution is -1.84. The summed E-state index contributed by atoms with van der Waals surface area (Å²) in [6.07, 6.45) is 3.97. The molecular formula is C6H4BrIN2. The Balaban J connectivity index is 2.62. The van der Waals surface area contributed by atoms with Crippen molar-refractivity contribution in [1.29, 1.82) is 0 Å². The van der Waals surface area contributed by atoms with Crippen LogP contribution in [0.4, 0.5) is 0 Å². The summed E-state index contributed by atoms with van der Waals surface area (Å²) in [5.74, 6) is 0. The first-order valence-corrected chi connectivity index (χ1v) is 5.85. The lowest BCUT2D eigenvalue weighted by atomic mass is 10.3. The smallest absolute Gasteiger partial charge is 0.0707 e. The number of aromatic nitrogens is 2. The maximum atomic E-state index is 3.93. The molecule has 2 rings (SSSR count). The summed E-state index contributed by atoms with van der Waals surface area (Å²) in [7, 11) is 0. The van der Waals surface area contributed by atoms with E-state index < -0.39 is 0 Å². The second kappa shape index (κ2) is 2.58. The van der Waals surface area contributed by atoms with Crippen molar-refractivity contribution in [3.05, 3.63) is 19.9 Å². The highest BCUT2D eigenvalue weighted by Crippen LogP contribution is 2.29. The molecule has 0 atom stereocenters. The van der Waals surface area contributed by atoms with Crippen LogP contribution in [0.25, 0.3) is 6.08 Å². The summed E-state index contributed by atoms with van der Waals surface area (Å²) < 4.78 is 3.55. The Labute approximate surface area is 76.6 Å². The minimum absolute atomic E-state index is 0.0706. The van der Waals surface area contributed by atoms with Crippen LogP contribution in [-0.2, 0) is 0 Å². The number of rotatable bonds is 0. The average molecular weight is 311 g/mol. The van der Waals surface area contributed by atoms with Gasteiger partial charge in [0.05, 0.1) is 14.4 Å². The SMILES string of the molecule is BrC1=Cc2cn[nH]c2C=I1. The van der Waals surface area contributed by atoms with Crippen molar-refractivity contribution in [2.45, 2.75) is 0 Å². The largest absolute Gasteiger partial charge is 0.277 e. The van der Waals surface area contributed by atoms with Crippen molar-refractivity contribution in [3.63, 3.8) is 0 Å². The Hall–Kier alpha value is 0.0300. The van der Waals surface area contributed by atoms with E-state index in [4.69, 9.17) is 0 Å². The summed E-state index contributed by atoms with van der Waals surface area (Å²) in [6, 6.07) is 0. The van der Waals surface area contributed by atoms with E-state index in [2.05, 4.69) is 36.2 Å². The van der Waals surface area contributed by atoms with E-state index >= 15 is 0 Å². The molecule has 0 aromatic carbocycles. The molecule has 1 N–H and O–H groups in total. The second-order valence-electron chi connectivity index (χ2n) is 1.89. The number of aromatic amines is 1. The standard InChI is InChI=1S/C6H4BrIN2/c7-6-1-4-3-9-10-5(4)2-8-6/h1-3H,(H,9,10). The van der Waals surface area contributed by atoms with Crippen LogP contribution in [-0.4, -0.2) is 14.2 Å². The van der Waals surface area contributed by atoms with E-state index in [1.165, 1.54) is 13.7 Å². The normalized spacial score (nSPS) is 15.5. The summed E-state index contributed by atoms with van der Waals surface area (Å²) in [5, 5.41) is 6.87. The molecule has 1 aromatic rings. The zero-order valence-corrected chi connectivity index (χ0v) is 8.68. The average Bonchev–Trinajstić information content (AvgIpc) is 2.33. The lowest BCUT2D eigenvalue weighted by Gasteiger charge is -1.96. The Morgan fingerprint density at radius 2 is 2.50 bits per heavy atom. The predicted octanol–water partition coefficient (Wildman–Crippen LogP) is 2.24. The summed E-state index contributed by atoms with van der Waals surface area (Å²) in [6.45, 7) is 0. The Morgan fingerprint density at radius 1 is 1.60 bits per heavy atom. The number of nitrogens with zero attached hydrogens (tertiary/aromatic N) is 1. The molecule has 2 heterocycles. The third-order valence-electron chi connectivity index (χ3n) is 1.23. The maximum absolute atomic E-state index is 3.93. The van der Waals surface area contributed by atoms with Gasteiger partial charge in [0, 0.05) is 5.56 Å². The summed E-state index contributed by atoms with van der Waals surface area (Å²) in [4.78, 5) is 0. The van der Waals surface area contributed by atoms with Crippen molar-refractivity contribution >= 4 is 46.7 Å². The molecule has 52 valence electrons. The van der Waals surface area contributed by atoms with E-state index in [1.54, 1.807) is 0 Å². The van der Waals surface area contributed by atoms with Crippen LogP contribution in [0.2, 0.25) is 0 Å². The van der Waals surface area contributed by atoms with Gasteiger partial charge in [0.25, 0.3) is 0 Å². The van der Waals surface area contributed by atoms with Crippen LogP contribution < -0.4 is 0 Å². The second-order valence-corrected chi connectivity index (χ2v) is 6.64. The fourth-order valence-electron chi connectivity index (χ4n) is 0.764. The van der Waals surface area contributed by atoms with Crippen molar-refractivity contribution < 1.29 is 0 Å².